The van der Waals surface area contributed by atoms with Crippen molar-refractivity contribution < 1.29 is 28.7 Å². The molecule has 1 amide bonds. The van der Waals surface area contributed by atoms with Crippen molar-refractivity contribution in [3.05, 3.63) is 51.0 Å². The number of carbonyl (C=O) groups is 1. The summed E-state index contributed by atoms with van der Waals surface area (Å²) in [6, 6.07) is 7.16. The first-order valence-corrected chi connectivity index (χ1v) is 8.46. The molecule has 29 heavy (non-hydrogen) atoms. The maximum atomic E-state index is 11.9. The van der Waals surface area contributed by atoms with Crippen molar-refractivity contribution in [3.63, 3.8) is 0 Å². The first-order chi connectivity index (χ1) is 13.9. The van der Waals surface area contributed by atoms with Gasteiger partial charge in [0.05, 0.1) is 32.5 Å². The Hall–Kier alpha value is -3.53. The first-order valence-electron chi connectivity index (χ1n) is 8.08. The summed E-state index contributed by atoms with van der Waals surface area (Å²) in [7, 11) is 4.44. The van der Waals surface area contributed by atoms with E-state index in [1.807, 2.05) is 0 Å². The molecule has 11 heteroatoms. The van der Waals surface area contributed by atoms with Crippen molar-refractivity contribution >= 4 is 29.4 Å². The lowest BCUT2D eigenvalue weighted by Gasteiger charge is -2.12. The Morgan fingerprint density at radius 1 is 1.14 bits per heavy atom. The second-order valence-electron chi connectivity index (χ2n) is 5.41. The number of ether oxygens (including phenoxy) is 4. The van der Waals surface area contributed by atoms with Gasteiger partial charge in [0.15, 0.2) is 23.9 Å². The van der Waals surface area contributed by atoms with Crippen LogP contribution in [0.4, 0.5) is 5.69 Å². The van der Waals surface area contributed by atoms with Crippen LogP contribution in [0.3, 0.4) is 0 Å². The molecule has 0 aromatic heterocycles. The zero-order chi connectivity index (χ0) is 21.4. The molecule has 154 valence electrons. The largest absolute Gasteiger partial charge is 0.493 e. The van der Waals surface area contributed by atoms with Crippen LogP contribution in [-0.4, -0.2) is 45.0 Å². The van der Waals surface area contributed by atoms with Crippen molar-refractivity contribution in [1.29, 1.82) is 0 Å². The van der Waals surface area contributed by atoms with Gasteiger partial charge in [0, 0.05) is 16.7 Å². The normalized spacial score (nSPS) is 10.5. The second-order valence-corrected chi connectivity index (χ2v) is 5.85. The zero-order valence-corrected chi connectivity index (χ0v) is 16.6. The highest BCUT2D eigenvalue weighted by atomic mass is 35.5. The maximum Gasteiger partial charge on any atom is 0.312 e. The van der Waals surface area contributed by atoms with Crippen LogP contribution < -0.4 is 24.4 Å². The van der Waals surface area contributed by atoms with E-state index >= 15 is 0 Å². The van der Waals surface area contributed by atoms with E-state index in [9.17, 15) is 14.9 Å². The number of carbonyl (C=O) groups excluding carboxylic acids is 1. The van der Waals surface area contributed by atoms with E-state index in [0.29, 0.717) is 22.8 Å². The zero-order valence-electron chi connectivity index (χ0n) is 15.8. The van der Waals surface area contributed by atoms with Crippen molar-refractivity contribution in [2.45, 2.75) is 0 Å². The number of amides is 1. The molecule has 0 saturated heterocycles. The third-order valence-corrected chi connectivity index (χ3v) is 3.80. The lowest BCUT2D eigenvalue weighted by molar-refractivity contribution is -0.385. The highest BCUT2D eigenvalue weighted by molar-refractivity contribution is 6.30. The summed E-state index contributed by atoms with van der Waals surface area (Å²) >= 11 is 5.73. The highest BCUT2D eigenvalue weighted by Crippen LogP contribution is 2.37. The van der Waals surface area contributed by atoms with Gasteiger partial charge in [0.25, 0.3) is 5.91 Å². The lowest BCUT2D eigenvalue weighted by Crippen LogP contribution is -2.24. The fourth-order valence-electron chi connectivity index (χ4n) is 2.29. The first kappa shape index (κ1) is 21.8. The fourth-order valence-corrected chi connectivity index (χ4v) is 2.45. The highest BCUT2D eigenvalue weighted by Gasteiger charge is 2.17. The number of nitro groups is 1. The molecule has 0 spiro atoms. The minimum absolute atomic E-state index is 0.0804. The van der Waals surface area contributed by atoms with Crippen LogP contribution in [0.15, 0.2) is 35.4 Å². The van der Waals surface area contributed by atoms with Crippen LogP contribution in [0.5, 0.6) is 23.0 Å². The van der Waals surface area contributed by atoms with E-state index in [2.05, 4.69) is 10.5 Å². The minimum Gasteiger partial charge on any atom is -0.493 e. The van der Waals surface area contributed by atoms with Crippen molar-refractivity contribution in [2.75, 3.05) is 27.9 Å². The van der Waals surface area contributed by atoms with Crippen LogP contribution in [0.1, 0.15) is 5.56 Å². The fraction of sp³-hybridized carbons (Fsp3) is 0.222. The van der Waals surface area contributed by atoms with Gasteiger partial charge in [-0.1, -0.05) is 11.6 Å². The van der Waals surface area contributed by atoms with Gasteiger partial charge in [-0.25, -0.2) is 5.43 Å². The number of hydrogen-bond donors (Lipinski definition) is 1. The number of rotatable bonds is 9. The van der Waals surface area contributed by atoms with Crippen LogP contribution in [0, 0.1) is 10.1 Å². The summed E-state index contributed by atoms with van der Waals surface area (Å²) in [4.78, 5) is 22.2. The molecule has 0 saturated carbocycles. The van der Waals surface area contributed by atoms with Crippen LogP contribution in [-0.2, 0) is 4.79 Å². The van der Waals surface area contributed by atoms with E-state index in [0.717, 1.165) is 6.07 Å². The molecule has 2 rings (SSSR count). The molecule has 0 aliphatic rings. The smallest absolute Gasteiger partial charge is 0.312 e. The quantitative estimate of drug-likeness (QED) is 0.374. The van der Waals surface area contributed by atoms with Crippen molar-refractivity contribution in [3.8, 4) is 23.0 Å². The summed E-state index contributed by atoms with van der Waals surface area (Å²) in [5.41, 5.74) is 2.50. The van der Waals surface area contributed by atoms with Gasteiger partial charge < -0.3 is 18.9 Å². The molecule has 2 aromatic rings. The maximum absolute atomic E-state index is 11.9. The number of nitrogens with one attached hydrogen (secondary N) is 1. The number of methoxy groups -OCH3 is 3. The molecule has 0 fully saturated rings. The number of nitro benzene ring substituents is 1. The molecule has 0 atom stereocenters. The van der Waals surface area contributed by atoms with E-state index < -0.39 is 17.4 Å². The SMILES string of the molecule is COc1cc(/C=N/NC(=O)COc2ccc(Cl)cc2[N+](=O)[O-])cc(OC)c1OC. The molecule has 0 aliphatic carbocycles. The third-order valence-electron chi connectivity index (χ3n) is 3.57. The van der Waals surface area contributed by atoms with Gasteiger partial charge in [-0.3, -0.25) is 14.9 Å². The Kier molecular flexibility index (Phi) is 7.61. The van der Waals surface area contributed by atoms with Crippen LogP contribution in [0.2, 0.25) is 5.02 Å². The average molecular weight is 424 g/mol. The van der Waals surface area contributed by atoms with Gasteiger partial charge in [-0.15, -0.1) is 0 Å². The molecular weight excluding hydrogens is 406 g/mol. The van der Waals surface area contributed by atoms with E-state index in [1.54, 1.807) is 12.1 Å². The summed E-state index contributed by atoms with van der Waals surface area (Å²) in [5.74, 6) is 0.589. The molecule has 0 heterocycles. The molecule has 1 N–H and O–H groups in total. The van der Waals surface area contributed by atoms with Crippen molar-refractivity contribution in [2.24, 2.45) is 5.10 Å². The summed E-state index contributed by atoms with van der Waals surface area (Å²) < 4.78 is 20.9. The summed E-state index contributed by atoms with van der Waals surface area (Å²) in [6.07, 6.45) is 1.37. The molecule has 0 radical (unpaired) electrons. The Balaban J connectivity index is 2.01. The third kappa shape index (κ3) is 5.72. The molecular formula is C18H18ClN3O7. The Morgan fingerprint density at radius 3 is 2.34 bits per heavy atom. The molecule has 2 aromatic carbocycles. The predicted octanol–water partition coefficient (Wildman–Crippen LogP) is 2.80. The van der Waals surface area contributed by atoms with E-state index in [4.69, 9.17) is 30.5 Å². The number of hydrogen-bond acceptors (Lipinski definition) is 8. The van der Waals surface area contributed by atoms with Crippen LogP contribution >= 0.6 is 11.6 Å². The Bertz CT molecular complexity index is 909. The van der Waals surface area contributed by atoms with E-state index in [-0.39, 0.29) is 16.5 Å². The number of hydrazone groups is 1. The lowest BCUT2D eigenvalue weighted by atomic mass is 10.2. The minimum atomic E-state index is -0.651. The number of halogens is 1. The van der Waals surface area contributed by atoms with Gasteiger partial charge >= 0.3 is 5.69 Å². The van der Waals surface area contributed by atoms with Gasteiger partial charge in [-0.2, -0.15) is 5.10 Å². The standard InChI is InChI=1S/C18H18ClN3O7/c1-26-15-6-11(7-16(27-2)18(15)28-3)9-20-21-17(23)10-29-14-5-4-12(19)8-13(14)22(24)25/h4-9H,10H2,1-3H3,(H,21,23)/b20-9+. The molecule has 0 unspecified atom stereocenters. The predicted molar refractivity (Wildman–Crippen MR) is 105 cm³/mol. The number of benzene rings is 2. The van der Waals surface area contributed by atoms with Crippen LogP contribution in [0.25, 0.3) is 0 Å². The monoisotopic (exact) mass is 423 g/mol. The topological polar surface area (TPSA) is 122 Å². The summed E-state index contributed by atoms with van der Waals surface area (Å²) in [6.45, 7) is -0.477. The number of nitrogens with zero attached hydrogens (tertiary/aromatic N) is 2. The Morgan fingerprint density at radius 2 is 1.79 bits per heavy atom. The molecule has 0 aliphatic heterocycles. The Labute approximate surface area is 171 Å². The molecule has 0 bridgehead atoms. The van der Waals surface area contributed by atoms with Gasteiger partial charge in [0.2, 0.25) is 5.75 Å². The summed E-state index contributed by atoms with van der Waals surface area (Å²) in [5, 5.41) is 15.0. The van der Waals surface area contributed by atoms with Gasteiger partial charge in [-0.05, 0) is 24.3 Å². The second kappa shape index (κ2) is 10.1. The van der Waals surface area contributed by atoms with Crippen molar-refractivity contribution in [1.82, 2.24) is 5.43 Å². The van der Waals surface area contributed by atoms with Gasteiger partial charge in [0.1, 0.15) is 0 Å². The average Bonchev–Trinajstić information content (AvgIpc) is 2.71. The molecule has 10 nitrogen and oxygen atoms in total. The van der Waals surface area contributed by atoms with E-state index in [1.165, 1.54) is 39.7 Å².